The number of phenolic OH excluding ortho intramolecular Hbond substituents is 1. The zero-order valence-corrected chi connectivity index (χ0v) is 22.2. The number of nitrogens with one attached hydrogen (secondary N) is 1. The first-order chi connectivity index (χ1) is 15.5. The van der Waals surface area contributed by atoms with Gasteiger partial charge in [-0.15, -0.1) is 0 Å². The normalized spacial score (nSPS) is 14.4. The molecule has 1 aromatic carbocycles. The number of nitrogens with zero attached hydrogens (tertiary/aromatic N) is 1. The van der Waals surface area contributed by atoms with Gasteiger partial charge in [-0.2, -0.15) is 17.9 Å². The average molecular weight is 523 g/mol. The minimum absolute atomic E-state index is 0.104. The molecule has 1 heterocycles. The van der Waals surface area contributed by atoms with Crippen LogP contribution in [0.4, 0.5) is 13.2 Å². The second-order valence-corrected chi connectivity index (χ2v) is 16.8. The fourth-order valence-corrected chi connectivity index (χ4v) is 12.8. The molecule has 1 atom stereocenters. The van der Waals surface area contributed by atoms with Crippen molar-refractivity contribution in [3.8, 4) is 5.75 Å². The molecule has 0 bridgehead atoms. The maximum Gasteiger partial charge on any atom is 0.511 e. The number of fused-ring (bicyclic) bond motifs is 1. The van der Waals surface area contributed by atoms with Crippen molar-refractivity contribution in [2.45, 2.75) is 76.1 Å². The zero-order chi connectivity index (χ0) is 26.2. The van der Waals surface area contributed by atoms with E-state index >= 15 is 0 Å². The standard InChI is InChI=1S/C22H33F3N2O5SSi/c1-13(2)34(14(3)4,15(5)6)27-12-16(20-18(27)9-8-10-19(20)28)11-17(21(29)32-7)26-33(30,31)22(23,24)25/h8-10,12-15,17,26,28H,11H2,1-7H3/t17-/m0/s1. The summed E-state index contributed by atoms with van der Waals surface area (Å²) < 4.78 is 70.6. The first kappa shape index (κ1) is 28.2. The van der Waals surface area contributed by atoms with Crippen molar-refractivity contribution in [3.63, 3.8) is 0 Å². The molecule has 34 heavy (non-hydrogen) atoms. The van der Waals surface area contributed by atoms with Crippen molar-refractivity contribution < 1.29 is 36.2 Å². The number of hydrogen-bond acceptors (Lipinski definition) is 5. The molecular formula is C22H33F3N2O5SSi. The van der Waals surface area contributed by atoms with Gasteiger partial charge in [0.15, 0.2) is 8.24 Å². The van der Waals surface area contributed by atoms with E-state index < -0.39 is 42.2 Å². The van der Waals surface area contributed by atoms with E-state index in [-0.39, 0.29) is 22.4 Å². The third-order valence-electron chi connectivity index (χ3n) is 6.59. The van der Waals surface area contributed by atoms with Crippen LogP contribution in [0.25, 0.3) is 10.9 Å². The number of carbonyl (C=O) groups is 1. The summed E-state index contributed by atoms with van der Waals surface area (Å²) in [6.07, 6.45) is 1.33. The molecule has 1 aromatic heterocycles. The molecular weight excluding hydrogens is 489 g/mol. The monoisotopic (exact) mass is 522 g/mol. The lowest BCUT2D eigenvalue weighted by Gasteiger charge is -2.44. The molecule has 0 amide bonds. The fourth-order valence-electron chi connectivity index (χ4n) is 5.45. The van der Waals surface area contributed by atoms with Gasteiger partial charge in [0.2, 0.25) is 0 Å². The van der Waals surface area contributed by atoms with Crippen LogP contribution < -0.4 is 4.72 Å². The van der Waals surface area contributed by atoms with Crippen molar-refractivity contribution in [1.82, 2.24) is 8.95 Å². The van der Waals surface area contributed by atoms with Crippen molar-refractivity contribution in [2.75, 3.05) is 7.11 Å². The van der Waals surface area contributed by atoms with Gasteiger partial charge in [-0.3, -0.25) is 4.79 Å². The highest BCUT2D eigenvalue weighted by atomic mass is 32.2. The summed E-state index contributed by atoms with van der Waals surface area (Å²) in [6.45, 7) is 12.8. The Kier molecular flexibility index (Phi) is 8.21. The molecule has 0 fully saturated rings. The van der Waals surface area contributed by atoms with Gasteiger partial charge in [0.05, 0.1) is 7.11 Å². The largest absolute Gasteiger partial charge is 0.511 e. The molecule has 2 rings (SSSR count). The van der Waals surface area contributed by atoms with Crippen molar-refractivity contribution in [2.24, 2.45) is 0 Å². The number of halogens is 3. The summed E-state index contributed by atoms with van der Waals surface area (Å²) in [5, 5.41) is 11.1. The molecule has 12 heteroatoms. The van der Waals surface area contributed by atoms with E-state index in [4.69, 9.17) is 0 Å². The number of esters is 1. The van der Waals surface area contributed by atoms with Crippen LogP contribution in [0.2, 0.25) is 16.6 Å². The van der Waals surface area contributed by atoms with Crippen LogP contribution in [0.15, 0.2) is 24.4 Å². The molecule has 2 aromatic rings. The van der Waals surface area contributed by atoms with Crippen LogP contribution in [0, 0.1) is 0 Å². The van der Waals surface area contributed by atoms with E-state index in [1.165, 1.54) is 10.8 Å². The van der Waals surface area contributed by atoms with E-state index in [1.807, 2.05) is 6.07 Å². The molecule has 0 radical (unpaired) electrons. The Bertz CT molecular complexity index is 1120. The Hall–Kier alpha value is -2.05. The number of rotatable bonds is 9. The number of ether oxygens (including phenoxy) is 1. The molecule has 0 saturated heterocycles. The van der Waals surface area contributed by atoms with Crippen LogP contribution in [0.5, 0.6) is 5.75 Å². The summed E-state index contributed by atoms with van der Waals surface area (Å²) in [4.78, 5) is 12.3. The maximum atomic E-state index is 13.0. The van der Waals surface area contributed by atoms with E-state index in [0.717, 1.165) is 7.11 Å². The van der Waals surface area contributed by atoms with E-state index in [2.05, 4.69) is 50.5 Å². The van der Waals surface area contributed by atoms with Crippen molar-refractivity contribution in [1.29, 1.82) is 0 Å². The topological polar surface area (TPSA) is 97.6 Å². The molecule has 2 N–H and O–H groups in total. The molecule has 7 nitrogen and oxygen atoms in total. The van der Waals surface area contributed by atoms with E-state index in [1.54, 1.807) is 12.3 Å². The first-order valence-corrected chi connectivity index (χ1v) is 14.7. The molecule has 0 aliphatic rings. The van der Waals surface area contributed by atoms with Crippen LogP contribution >= 0.6 is 0 Å². The first-order valence-electron chi connectivity index (χ1n) is 11.0. The van der Waals surface area contributed by atoms with Crippen molar-refractivity contribution >= 4 is 35.1 Å². The van der Waals surface area contributed by atoms with Gasteiger partial charge in [0.1, 0.15) is 11.8 Å². The summed E-state index contributed by atoms with van der Waals surface area (Å²) in [5.41, 5.74) is -3.76. The van der Waals surface area contributed by atoms with Gasteiger partial charge in [-0.25, -0.2) is 8.42 Å². The summed E-state index contributed by atoms with van der Waals surface area (Å²) in [7, 11) is -7.21. The van der Waals surface area contributed by atoms with Crippen LogP contribution in [0.1, 0.15) is 47.1 Å². The highest BCUT2D eigenvalue weighted by Gasteiger charge is 2.49. The van der Waals surface area contributed by atoms with Crippen molar-refractivity contribution in [3.05, 3.63) is 30.0 Å². The quantitative estimate of drug-likeness (QED) is 0.361. The number of methoxy groups -OCH3 is 1. The highest BCUT2D eigenvalue weighted by molar-refractivity contribution is 7.90. The Morgan fingerprint density at radius 1 is 1.12 bits per heavy atom. The zero-order valence-electron chi connectivity index (χ0n) is 20.4. The number of hydrogen-bond donors (Lipinski definition) is 2. The SMILES string of the molecule is COC(=O)[C@H](Cc1cn([Si](C(C)C)(C(C)C)C(C)C)c2cccc(O)c12)NS(=O)(=O)C(F)(F)F. The molecule has 0 aliphatic carbocycles. The number of aromatic hydroxyl groups is 1. The Balaban J connectivity index is 2.78. The van der Waals surface area contributed by atoms with Gasteiger partial charge >= 0.3 is 21.5 Å². The molecule has 0 aliphatic heterocycles. The predicted octanol–water partition coefficient (Wildman–Crippen LogP) is 4.89. The number of sulfonamides is 1. The Morgan fingerprint density at radius 3 is 2.09 bits per heavy atom. The van der Waals surface area contributed by atoms with Gasteiger partial charge < -0.3 is 14.1 Å². The minimum atomic E-state index is -5.81. The van der Waals surface area contributed by atoms with Crippen LogP contribution in [-0.2, 0) is 26.0 Å². The summed E-state index contributed by atoms with van der Waals surface area (Å²) in [6, 6.07) is 3.12. The van der Waals surface area contributed by atoms with E-state index in [9.17, 15) is 31.5 Å². The van der Waals surface area contributed by atoms with Gasteiger partial charge in [0, 0.05) is 17.3 Å². The number of phenols is 1. The highest BCUT2D eigenvalue weighted by Crippen LogP contribution is 2.46. The third kappa shape index (κ3) is 4.85. The second-order valence-electron chi connectivity index (χ2n) is 9.39. The molecule has 192 valence electrons. The number of alkyl halides is 3. The Morgan fingerprint density at radius 2 is 1.65 bits per heavy atom. The minimum Gasteiger partial charge on any atom is -0.507 e. The van der Waals surface area contributed by atoms with Gasteiger partial charge in [0.25, 0.3) is 0 Å². The lowest BCUT2D eigenvalue weighted by atomic mass is 10.1. The third-order valence-corrected chi connectivity index (χ3v) is 14.5. The molecule has 0 spiro atoms. The average Bonchev–Trinajstić information content (AvgIpc) is 3.05. The summed E-state index contributed by atoms with van der Waals surface area (Å²) >= 11 is 0. The smallest absolute Gasteiger partial charge is 0.507 e. The number of aromatic nitrogens is 1. The van der Waals surface area contributed by atoms with Crippen LogP contribution in [0.3, 0.4) is 0 Å². The lowest BCUT2D eigenvalue weighted by Crippen LogP contribution is -2.51. The molecule has 0 unspecified atom stereocenters. The van der Waals surface area contributed by atoms with Gasteiger partial charge in [-0.1, -0.05) is 47.6 Å². The van der Waals surface area contributed by atoms with Crippen LogP contribution in [-0.4, -0.2) is 50.6 Å². The van der Waals surface area contributed by atoms with Gasteiger partial charge in [-0.05, 0) is 40.5 Å². The number of benzene rings is 1. The maximum absolute atomic E-state index is 13.0. The predicted molar refractivity (Wildman–Crippen MR) is 128 cm³/mol. The summed E-state index contributed by atoms with van der Waals surface area (Å²) in [5.74, 6) is -1.27. The van der Waals surface area contributed by atoms with E-state index in [0.29, 0.717) is 16.5 Å². The lowest BCUT2D eigenvalue weighted by molar-refractivity contribution is -0.142. The number of carbonyl (C=O) groups excluding carboxylic acids is 1. The molecule has 0 saturated carbocycles. The fraction of sp³-hybridized carbons (Fsp3) is 0.591. The Labute approximate surface area is 199 Å². The second kappa shape index (κ2) is 9.90.